The van der Waals surface area contributed by atoms with Crippen molar-refractivity contribution in [3.05, 3.63) is 119 Å². The first kappa shape index (κ1) is 17.5. The highest BCUT2D eigenvalue weighted by Gasteiger charge is 2.18. The number of aliphatic imine (C=N–C) groups is 4. The molecule has 0 aliphatic carbocycles. The first-order valence-corrected chi connectivity index (χ1v) is 10.0. The molecule has 0 aromatic heterocycles. The van der Waals surface area contributed by atoms with E-state index in [0.717, 1.165) is 62.5 Å². The van der Waals surface area contributed by atoms with Crippen LogP contribution in [-0.4, -0.2) is 22.8 Å². The summed E-state index contributed by atoms with van der Waals surface area (Å²) in [5, 5.41) is 0. The van der Waals surface area contributed by atoms with E-state index in [0.29, 0.717) is 0 Å². The molecule has 31 heavy (non-hydrogen) atoms. The summed E-state index contributed by atoms with van der Waals surface area (Å²) < 4.78 is 0. The van der Waals surface area contributed by atoms with Gasteiger partial charge in [0.2, 0.25) is 0 Å². The minimum Gasteiger partial charge on any atom is -0.399 e. The van der Waals surface area contributed by atoms with E-state index in [1.54, 1.807) is 0 Å². The van der Waals surface area contributed by atoms with Crippen molar-refractivity contribution in [2.75, 3.05) is 5.73 Å². The zero-order chi connectivity index (χ0) is 20.8. The monoisotopic (exact) mass is 399 g/mol. The molecule has 6 rings (SSSR count). The van der Waals surface area contributed by atoms with Gasteiger partial charge in [-0.2, -0.15) is 0 Å². The van der Waals surface area contributed by atoms with Crippen molar-refractivity contribution in [3.8, 4) is 0 Å². The highest BCUT2D eigenvalue weighted by Crippen LogP contribution is 2.29. The van der Waals surface area contributed by atoms with Crippen molar-refractivity contribution < 1.29 is 0 Å². The van der Waals surface area contributed by atoms with E-state index in [1.807, 2.05) is 85.0 Å². The Balaban J connectivity index is 1.51. The summed E-state index contributed by atoms with van der Waals surface area (Å²) in [7, 11) is 0. The van der Waals surface area contributed by atoms with E-state index < -0.39 is 0 Å². The Labute approximate surface area is 179 Å². The molecule has 2 N–H and O–H groups in total. The molecule has 0 saturated carbocycles. The van der Waals surface area contributed by atoms with Gasteiger partial charge in [-0.05, 0) is 84.5 Å². The average Bonchev–Trinajstić information content (AvgIpc) is 3.53. The van der Waals surface area contributed by atoms with Crippen molar-refractivity contribution in [1.29, 1.82) is 0 Å². The van der Waals surface area contributed by atoms with E-state index >= 15 is 0 Å². The quantitative estimate of drug-likeness (QED) is 0.684. The molecule has 0 atom stereocenters. The SMILES string of the molecule is Nc1cccc(C2=CC3=CC4=NC(=CC5=NC(=CC6=NC(=CC2=N3)C=C6)C=C5)C=C4)c1. The topological polar surface area (TPSA) is 75.5 Å². The molecule has 8 bridgehead atoms. The zero-order valence-corrected chi connectivity index (χ0v) is 16.5. The number of benzene rings is 1. The van der Waals surface area contributed by atoms with Crippen LogP contribution >= 0.6 is 0 Å². The molecule has 5 heteroatoms. The summed E-state index contributed by atoms with van der Waals surface area (Å²) in [6, 6.07) is 7.84. The van der Waals surface area contributed by atoms with Crippen LogP contribution in [0.4, 0.5) is 5.69 Å². The number of nitrogens with zero attached hydrogens (tertiary/aromatic N) is 4. The van der Waals surface area contributed by atoms with Gasteiger partial charge in [0, 0.05) is 11.3 Å². The summed E-state index contributed by atoms with van der Waals surface area (Å²) in [4.78, 5) is 18.9. The fourth-order valence-electron chi connectivity index (χ4n) is 3.83. The number of allylic oxidation sites excluding steroid dienone is 12. The van der Waals surface area contributed by atoms with Crippen LogP contribution in [0.3, 0.4) is 0 Å². The molecular formula is C26H17N5. The molecule has 0 amide bonds. The van der Waals surface area contributed by atoms with Crippen LogP contribution in [0.1, 0.15) is 5.56 Å². The Bertz CT molecular complexity index is 1410. The Morgan fingerprint density at radius 2 is 1.13 bits per heavy atom. The average molecular weight is 399 g/mol. The van der Waals surface area contributed by atoms with Gasteiger partial charge in [0.05, 0.1) is 45.6 Å². The molecular weight excluding hydrogens is 382 g/mol. The second-order valence-electron chi connectivity index (χ2n) is 7.57. The Morgan fingerprint density at radius 1 is 0.548 bits per heavy atom. The van der Waals surface area contributed by atoms with Gasteiger partial charge < -0.3 is 5.73 Å². The molecule has 146 valence electrons. The smallest absolute Gasteiger partial charge is 0.0737 e. The number of anilines is 1. The number of fused-ring (bicyclic) bond motifs is 4. The zero-order valence-electron chi connectivity index (χ0n) is 16.5. The first-order chi connectivity index (χ1) is 15.2. The molecule has 5 heterocycles. The lowest BCUT2D eigenvalue weighted by Crippen LogP contribution is -1.97. The summed E-state index contributed by atoms with van der Waals surface area (Å²) in [6.07, 6.45) is 21.9. The minimum absolute atomic E-state index is 0.719. The van der Waals surface area contributed by atoms with Crippen molar-refractivity contribution >= 4 is 34.1 Å². The lowest BCUT2D eigenvalue weighted by molar-refractivity contribution is 1.41. The third-order valence-corrected chi connectivity index (χ3v) is 5.24. The van der Waals surface area contributed by atoms with E-state index in [1.165, 1.54) is 0 Å². The Hall–Kier alpha value is -4.38. The maximum atomic E-state index is 6.03. The molecule has 1 aromatic rings. The van der Waals surface area contributed by atoms with Gasteiger partial charge in [0.1, 0.15) is 0 Å². The van der Waals surface area contributed by atoms with Crippen LogP contribution in [0.15, 0.2) is 134 Å². The van der Waals surface area contributed by atoms with Gasteiger partial charge in [-0.3, -0.25) is 0 Å². The van der Waals surface area contributed by atoms with Gasteiger partial charge >= 0.3 is 0 Å². The van der Waals surface area contributed by atoms with Crippen LogP contribution < -0.4 is 5.73 Å². The highest BCUT2D eigenvalue weighted by molar-refractivity contribution is 6.32. The van der Waals surface area contributed by atoms with Gasteiger partial charge in [-0.15, -0.1) is 0 Å². The molecule has 1 aromatic carbocycles. The van der Waals surface area contributed by atoms with Crippen LogP contribution in [0, 0.1) is 0 Å². The Kier molecular flexibility index (Phi) is 3.86. The third-order valence-electron chi connectivity index (χ3n) is 5.24. The van der Waals surface area contributed by atoms with E-state index in [4.69, 9.17) is 20.7 Å². The molecule has 5 aliphatic rings. The summed E-state index contributed by atoms with van der Waals surface area (Å²) in [5.41, 5.74) is 15.6. The van der Waals surface area contributed by atoms with Gasteiger partial charge in [0.15, 0.2) is 0 Å². The number of nitrogens with two attached hydrogens (primary N) is 1. The van der Waals surface area contributed by atoms with Crippen LogP contribution in [0.5, 0.6) is 0 Å². The van der Waals surface area contributed by atoms with Gasteiger partial charge in [0.25, 0.3) is 0 Å². The lowest BCUT2D eigenvalue weighted by atomic mass is 10.0. The highest BCUT2D eigenvalue weighted by atomic mass is 14.8. The van der Waals surface area contributed by atoms with E-state index in [9.17, 15) is 0 Å². The molecule has 5 aliphatic heterocycles. The molecule has 0 spiro atoms. The van der Waals surface area contributed by atoms with Crippen molar-refractivity contribution in [3.63, 3.8) is 0 Å². The summed E-state index contributed by atoms with van der Waals surface area (Å²) in [5.74, 6) is 0. The first-order valence-electron chi connectivity index (χ1n) is 10.0. The summed E-state index contributed by atoms with van der Waals surface area (Å²) >= 11 is 0. The fraction of sp³-hybridized carbons (Fsp3) is 0. The van der Waals surface area contributed by atoms with Crippen LogP contribution in [0.2, 0.25) is 0 Å². The Morgan fingerprint density at radius 3 is 1.74 bits per heavy atom. The molecule has 0 saturated heterocycles. The second-order valence-corrected chi connectivity index (χ2v) is 7.57. The number of hydrogen-bond donors (Lipinski definition) is 1. The van der Waals surface area contributed by atoms with E-state index in [2.05, 4.69) is 11.1 Å². The largest absolute Gasteiger partial charge is 0.399 e. The van der Waals surface area contributed by atoms with Gasteiger partial charge in [-0.1, -0.05) is 12.1 Å². The lowest BCUT2D eigenvalue weighted by Gasteiger charge is -2.05. The minimum atomic E-state index is 0.719. The van der Waals surface area contributed by atoms with Gasteiger partial charge in [-0.25, -0.2) is 20.0 Å². The number of hydrogen-bond acceptors (Lipinski definition) is 5. The van der Waals surface area contributed by atoms with E-state index in [-0.39, 0.29) is 0 Å². The molecule has 0 unspecified atom stereocenters. The van der Waals surface area contributed by atoms with Crippen molar-refractivity contribution in [2.24, 2.45) is 20.0 Å². The maximum absolute atomic E-state index is 6.03. The van der Waals surface area contributed by atoms with Crippen LogP contribution in [-0.2, 0) is 0 Å². The second kappa shape index (κ2) is 6.85. The maximum Gasteiger partial charge on any atom is 0.0737 e. The normalized spacial score (nSPS) is 20.5. The predicted molar refractivity (Wildman–Crippen MR) is 128 cm³/mol. The number of nitrogen functional groups attached to an aromatic ring is 1. The number of rotatable bonds is 1. The van der Waals surface area contributed by atoms with Crippen molar-refractivity contribution in [2.45, 2.75) is 0 Å². The van der Waals surface area contributed by atoms with Crippen LogP contribution in [0.25, 0.3) is 5.57 Å². The molecule has 5 nitrogen and oxygen atoms in total. The molecule has 0 radical (unpaired) electrons. The standard InChI is InChI=1S/C26H17N5/c27-17-3-1-2-16(10-17)25-14-24-13-22-7-6-20(29-22)11-18-4-5-19(28-18)12-21-8-9-23(30-21)15-26(25)31-24/h1-15H,27H2. The third kappa shape index (κ3) is 3.42. The van der Waals surface area contributed by atoms with Crippen molar-refractivity contribution in [1.82, 2.24) is 0 Å². The predicted octanol–water partition coefficient (Wildman–Crippen LogP) is 4.69. The molecule has 0 fully saturated rings. The summed E-state index contributed by atoms with van der Waals surface area (Å²) in [6.45, 7) is 0. The fourth-order valence-corrected chi connectivity index (χ4v) is 3.83.